The third kappa shape index (κ3) is 2.07. The lowest BCUT2D eigenvalue weighted by Gasteiger charge is -2.10. The molecular formula is C11H14FN. The molecule has 1 nitrogen and oxygen atoms in total. The topological polar surface area (TPSA) is 12.0 Å². The van der Waals surface area contributed by atoms with Crippen LogP contribution in [0.1, 0.15) is 5.56 Å². The first-order valence-corrected chi connectivity index (χ1v) is 4.75. The molecule has 70 valence electrons. The van der Waals surface area contributed by atoms with Gasteiger partial charge in [-0.3, -0.25) is 0 Å². The Morgan fingerprint density at radius 3 is 2.62 bits per heavy atom. The lowest BCUT2D eigenvalue weighted by atomic mass is 9.98. The Morgan fingerprint density at radius 1 is 1.23 bits per heavy atom. The van der Waals surface area contributed by atoms with Gasteiger partial charge in [0, 0.05) is 19.0 Å². The number of benzene rings is 1. The fourth-order valence-electron chi connectivity index (χ4n) is 1.82. The smallest absolute Gasteiger partial charge is 0.117 e. The minimum atomic E-state index is -0.666. The summed E-state index contributed by atoms with van der Waals surface area (Å²) in [7, 11) is 0. The van der Waals surface area contributed by atoms with E-state index in [0.717, 1.165) is 13.0 Å². The van der Waals surface area contributed by atoms with Gasteiger partial charge in [0.25, 0.3) is 0 Å². The quantitative estimate of drug-likeness (QED) is 0.729. The zero-order chi connectivity index (χ0) is 9.10. The molecule has 1 heterocycles. The maximum absolute atomic E-state index is 13.2. The molecule has 0 saturated carbocycles. The predicted molar refractivity (Wildman–Crippen MR) is 51.4 cm³/mol. The molecule has 0 bridgehead atoms. The van der Waals surface area contributed by atoms with Crippen molar-refractivity contribution in [2.45, 2.75) is 12.6 Å². The Hall–Kier alpha value is -0.890. The Bertz CT molecular complexity index is 260. The summed E-state index contributed by atoms with van der Waals surface area (Å²) in [6, 6.07) is 10.1. The van der Waals surface area contributed by atoms with Gasteiger partial charge >= 0.3 is 0 Å². The van der Waals surface area contributed by atoms with Crippen molar-refractivity contribution in [2.75, 3.05) is 13.1 Å². The molecule has 0 aliphatic carbocycles. The fourth-order valence-corrected chi connectivity index (χ4v) is 1.82. The summed E-state index contributed by atoms with van der Waals surface area (Å²) in [4.78, 5) is 0. The molecule has 0 unspecified atom stereocenters. The predicted octanol–water partition coefficient (Wildman–Crippen LogP) is 1.79. The second-order valence-corrected chi connectivity index (χ2v) is 3.62. The SMILES string of the molecule is F[C@H]1CNC[C@H]1Cc1ccccc1. The summed E-state index contributed by atoms with van der Waals surface area (Å²) in [5.41, 5.74) is 1.24. The summed E-state index contributed by atoms with van der Waals surface area (Å²) >= 11 is 0. The Morgan fingerprint density at radius 2 is 2.00 bits per heavy atom. The van der Waals surface area contributed by atoms with E-state index in [4.69, 9.17) is 0 Å². The highest BCUT2D eigenvalue weighted by atomic mass is 19.1. The van der Waals surface area contributed by atoms with Crippen molar-refractivity contribution in [3.05, 3.63) is 35.9 Å². The lowest BCUT2D eigenvalue weighted by molar-refractivity contribution is 0.282. The maximum Gasteiger partial charge on any atom is 0.117 e. The van der Waals surface area contributed by atoms with Crippen LogP contribution in [0, 0.1) is 5.92 Å². The molecule has 1 saturated heterocycles. The van der Waals surface area contributed by atoms with E-state index >= 15 is 0 Å². The first kappa shape index (κ1) is 8.70. The minimum absolute atomic E-state index is 0.169. The molecule has 0 spiro atoms. The molecule has 13 heavy (non-hydrogen) atoms. The van der Waals surface area contributed by atoms with Crippen LogP contribution in [0.3, 0.4) is 0 Å². The number of hydrogen-bond acceptors (Lipinski definition) is 1. The third-order valence-electron chi connectivity index (χ3n) is 2.60. The van der Waals surface area contributed by atoms with Crippen LogP contribution in [0.15, 0.2) is 30.3 Å². The first-order valence-electron chi connectivity index (χ1n) is 4.75. The van der Waals surface area contributed by atoms with E-state index < -0.39 is 6.17 Å². The van der Waals surface area contributed by atoms with E-state index in [-0.39, 0.29) is 5.92 Å². The van der Waals surface area contributed by atoms with Crippen molar-refractivity contribution in [3.8, 4) is 0 Å². The average molecular weight is 179 g/mol. The molecule has 1 aliphatic heterocycles. The molecule has 0 radical (unpaired) electrons. The van der Waals surface area contributed by atoms with Crippen LogP contribution < -0.4 is 5.32 Å². The van der Waals surface area contributed by atoms with Gasteiger partial charge in [-0.2, -0.15) is 0 Å². The highest BCUT2D eigenvalue weighted by molar-refractivity contribution is 5.16. The summed E-state index contributed by atoms with van der Waals surface area (Å²) in [5, 5.41) is 3.07. The van der Waals surface area contributed by atoms with Crippen molar-refractivity contribution in [1.82, 2.24) is 5.32 Å². The Balaban J connectivity index is 1.98. The normalized spacial score (nSPS) is 27.8. The van der Waals surface area contributed by atoms with Crippen molar-refractivity contribution < 1.29 is 4.39 Å². The Labute approximate surface area is 78.0 Å². The lowest BCUT2D eigenvalue weighted by Crippen LogP contribution is -2.15. The van der Waals surface area contributed by atoms with Crippen LogP contribution in [0.5, 0.6) is 0 Å². The summed E-state index contributed by atoms with van der Waals surface area (Å²) in [6.07, 6.45) is 0.190. The number of rotatable bonds is 2. The van der Waals surface area contributed by atoms with Gasteiger partial charge in [-0.1, -0.05) is 30.3 Å². The maximum atomic E-state index is 13.2. The zero-order valence-electron chi connectivity index (χ0n) is 7.54. The van der Waals surface area contributed by atoms with E-state index in [1.165, 1.54) is 5.56 Å². The highest BCUT2D eigenvalue weighted by Gasteiger charge is 2.26. The molecule has 1 aromatic carbocycles. The van der Waals surface area contributed by atoms with Crippen LogP contribution >= 0.6 is 0 Å². The van der Waals surface area contributed by atoms with Gasteiger partial charge in [0.05, 0.1) is 0 Å². The standard InChI is InChI=1S/C11H14FN/c12-11-8-13-7-10(11)6-9-4-2-1-3-5-9/h1-5,10-11,13H,6-8H2/t10-,11+/m1/s1. The van der Waals surface area contributed by atoms with Gasteiger partial charge in [-0.15, -0.1) is 0 Å². The summed E-state index contributed by atoms with van der Waals surface area (Å²) in [6.45, 7) is 1.34. The Kier molecular flexibility index (Phi) is 2.60. The molecule has 0 amide bonds. The van der Waals surface area contributed by atoms with Crippen LogP contribution in [-0.4, -0.2) is 19.3 Å². The van der Waals surface area contributed by atoms with E-state index in [0.29, 0.717) is 6.54 Å². The van der Waals surface area contributed by atoms with Crippen LogP contribution in [0.4, 0.5) is 4.39 Å². The van der Waals surface area contributed by atoms with Crippen LogP contribution in [0.25, 0.3) is 0 Å². The largest absolute Gasteiger partial charge is 0.313 e. The number of alkyl halides is 1. The van der Waals surface area contributed by atoms with Crippen LogP contribution in [0.2, 0.25) is 0 Å². The minimum Gasteiger partial charge on any atom is -0.313 e. The van der Waals surface area contributed by atoms with Crippen molar-refractivity contribution in [1.29, 1.82) is 0 Å². The van der Waals surface area contributed by atoms with E-state index in [9.17, 15) is 4.39 Å². The molecule has 2 atom stereocenters. The van der Waals surface area contributed by atoms with Crippen LogP contribution in [-0.2, 0) is 6.42 Å². The van der Waals surface area contributed by atoms with Crippen molar-refractivity contribution in [2.24, 2.45) is 5.92 Å². The van der Waals surface area contributed by atoms with Gasteiger partial charge < -0.3 is 5.32 Å². The number of nitrogens with one attached hydrogen (secondary N) is 1. The molecule has 2 rings (SSSR count). The van der Waals surface area contributed by atoms with Gasteiger partial charge in [0.1, 0.15) is 6.17 Å². The first-order chi connectivity index (χ1) is 6.36. The number of halogens is 1. The van der Waals surface area contributed by atoms with Gasteiger partial charge in [-0.05, 0) is 12.0 Å². The second-order valence-electron chi connectivity index (χ2n) is 3.62. The van der Waals surface area contributed by atoms with Crippen molar-refractivity contribution in [3.63, 3.8) is 0 Å². The van der Waals surface area contributed by atoms with Gasteiger partial charge in [-0.25, -0.2) is 4.39 Å². The van der Waals surface area contributed by atoms with Gasteiger partial charge in [0.15, 0.2) is 0 Å². The van der Waals surface area contributed by atoms with Crippen molar-refractivity contribution >= 4 is 0 Å². The zero-order valence-corrected chi connectivity index (χ0v) is 7.54. The highest BCUT2D eigenvalue weighted by Crippen LogP contribution is 2.17. The molecule has 1 fully saturated rings. The molecule has 0 aromatic heterocycles. The molecule has 1 aromatic rings. The molecular weight excluding hydrogens is 165 g/mol. The van der Waals surface area contributed by atoms with Gasteiger partial charge in [0.2, 0.25) is 0 Å². The van der Waals surface area contributed by atoms with E-state index in [2.05, 4.69) is 17.4 Å². The molecule has 1 N–H and O–H groups in total. The van der Waals surface area contributed by atoms with E-state index in [1.807, 2.05) is 18.2 Å². The van der Waals surface area contributed by atoms with E-state index in [1.54, 1.807) is 0 Å². The fraction of sp³-hybridized carbons (Fsp3) is 0.455. The summed E-state index contributed by atoms with van der Waals surface area (Å²) < 4.78 is 13.2. The second kappa shape index (κ2) is 3.88. The molecule has 2 heteroatoms. The summed E-state index contributed by atoms with van der Waals surface area (Å²) in [5.74, 6) is 0.169. The number of hydrogen-bond donors (Lipinski definition) is 1. The monoisotopic (exact) mass is 179 g/mol. The molecule has 1 aliphatic rings. The third-order valence-corrected chi connectivity index (χ3v) is 2.60. The average Bonchev–Trinajstić information content (AvgIpc) is 2.54.